The van der Waals surface area contributed by atoms with Crippen LogP contribution in [0, 0.1) is 5.92 Å². The van der Waals surface area contributed by atoms with Gasteiger partial charge in [-0.15, -0.1) is 0 Å². The Morgan fingerprint density at radius 1 is 1.40 bits per heavy atom. The third-order valence-electron chi connectivity index (χ3n) is 3.14. The van der Waals surface area contributed by atoms with E-state index in [-0.39, 0.29) is 18.0 Å². The molecule has 5 nitrogen and oxygen atoms in total. The molecule has 3 N–H and O–H groups in total. The number of ether oxygens (including phenoxy) is 1. The van der Waals surface area contributed by atoms with Gasteiger partial charge in [0.1, 0.15) is 0 Å². The van der Waals surface area contributed by atoms with Gasteiger partial charge < -0.3 is 10.5 Å². The van der Waals surface area contributed by atoms with Gasteiger partial charge in [0.25, 0.3) is 0 Å². The Labute approximate surface area is 124 Å². The molecule has 1 aliphatic carbocycles. The molecule has 7 heteroatoms. The Morgan fingerprint density at radius 3 is 2.75 bits per heavy atom. The van der Waals surface area contributed by atoms with Gasteiger partial charge in [0.05, 0.1) is 11.5 Å². The third kappa shape index (κ3) is 4.43. The van der Waals surface area contributed by atoms with Crippen molar-refractivity contribution < 1.29 is 13.2 Å². The van der Waals surface area contributed by atoms with Crippen LogP contribution in [0.1, 0.15) is 18.4 Å². The van der Waals surface area contributed by atoms with Crippen molar-refractivity contribution in [1.29, 1.82) is 0 Å². The maximum atomic E-state index is 12.0. The van der Waals surface area contributed by atoms with Crippen molar-refractivity contribution in [2.75, 3.05) is 19.8 Å². The second kappa shape index (κ2) is 6.87. The predicted octanol–water partition coefficient (Wildman–Crippen LogP) is 1.50. The van der Waals surface area contributed by atoms with Crippen LogP contribution in [0.3, 0.4) is 0 Å². The number of nitrogens with two attached hydrogens (primary N) is 1. The molecule has 20 heavy (non-hydrogen) atoms. The SMILES string of the molecule is NCc1ccc(S(=O)(=O)NCCOCC2CC2)cc1Cl. The monoisotopic (exact) mass is 318 g/mol. The van der Waals surface area contributed by atoms with E-state index in [1.807, 2.05) is 0 Å². The molecule has 1 fully saturated rings. The maximum Gasteiger partial charge on any atom is 0.240 e. The first-order valence-corrected chi connectivity index (χ1v) is 8.45. The topological polar surface area (TPSA) is 81.4 Å². The summed E-state index contributed by atoms with van der Waals surface area (Å²) in [7, 11) is -3.55. The van der Waals surface area contributed by atoms with Gasteiger partial charge in [-0.1, -0.05) is 17.7 Å². The molecule has 0 bridgehead atoms. The van der Waals surface area contributed by atoms with Crippen LogP contribution in [-0.4, -0.2) is 28.2 Å². The molecule has 112 valence electrons. The molecule has 0 unspecified atom stereocenters. The summed E-state index contributed by atoms with van der Waals surface area (Å²) in [6.07, 6.45) is 2.44. The summed E-state index contributed by atoms with van der Waals surface area (Å²) in [6, 6.07) is 4.54. The molecule has 1 aliphatic rings. The molecule has 0 saturated heterocycles. The quantitative estimate of drug-likeness (QED) is 0.712. The molecule has 0 aliphatic heterocycles. The number of nitrogens with one attached hydrogen (secondary N) is 1. The zero-order valence-corrected chi connectivity index (χ0v) is 12.7. The van der Waals surface area contributed by atoms with Crippen LogP contribution in [0.15, 0.2) is 23.1 Å². The molecule has 0 atom stereocenters. The van der Waals surface area contributed by atoms with E-state index in [9.17, 15) is 8.42 Å². The molecular formula is C13H19ClN2O3S. The summed E-state index contributed by atoms with van der Waals surface area (Å²) in [6.45, 7) is 1.63. The van der Waals surface area contributed by atoms with Gasteiger partial charge in [-0.3, -0.25) is 0 Å². The summed E-state index contributed by atoms with van der Waals surface area (Å²) in [5.41, 5.74) is 6.21. The Kier molecular flexibility index (Phi) is 5.40. The summed E-state index contributed by atoms with van der Waals surface area (Å²) in [5, 5.41) is 0.361. The van der Waals surface area contributed by atoms with Gasteiger partial charge in [0.2, 0.25) is 10.0 Å². The summed E-state index contributed by atoms with van der Waals surface area (Å²) < 4.78 is 31.9. The van der Waals surface area contributed by atoms with E-state index in [0.29, 0.717) is 17.5 Å². The number of benzene rings is 1. The molecular weight excluding hydrogens is 300 g/mol. The van der Waals surface area contributed by atoms with Crippen molar-refractivity contribution in [3.8, 4) is 0 Å². The third-order valence-corrected chi connectivity index (χ3v) is 4.95. The fourth-order valence-electron chi connectivity index (χ4n) is 1.73. The van der Waals surface area contributed by atoms with Crippen LogP contribution < -0.4 is 10.5 Å². The van der Waals surface area contributed by atoms with Crippen LogP contribution in [0.5, 0.6) is 0 Å². The molecule has 0 heterocycles. The first-order chi connectivity index (χ1) is 9.53. The highest BCUT2D eigenvalue weighted by Gasteiger charge is 2.21. The fourth-order valence-corrected chi connectivity index (χ4v) is 3.09. The first kappa shape index (κ1) is 15.7. The number of halogens is 1. The molecule has 0 aromatic heterocycles. The van der Waals surface area contributed by atoms with Gasteiger partial charge in [0, 0.05) is 24.7 Å². The largest absolute Gasteiger partial charge is 0.380 e. The summed E-state index contributed by atoms with van der Waals surface area (Å²) in [4.78, 5) is 0.141. The van der Waals surface area contributed by atoms with Crippen molar-refractivity contribution in [2.45, 2.75) is 24.3 Å². The molecule has 1 aromatic rings. The lowest BCUT2D eigenvalue weighted by molar-refractivity contribution is 0.129. The van der Waals surface area contributed by atoms with Crippen LogP contribution in [0.4, 0.5) is 0 Å². The molecule has 0 amide bonds. The van der Waals surface area contributed by atoms with E-state index >= 15 is 0 Å². The minimum atomic E-state index is -3.55. The van der Waals surface area contributed by atoms with Crippen LogP contribution in [-0.2, 0) is 21.3 Å². The molecule has 2 rings (SSSR count). The maximum absolute atomic E-state index is 12.0. The zero-order chi connectivity index (χ0) is 14.6. The van der Waals surface area contributed by atoms with E-state index in [1.165, 1.54) is 25.0 Å². The van der Waals surface area contributed by atoms with E-state index < -0.39 is 10.0 Å². The molecule has 0 spiro atoms. The molecule has 1 aromatic carbocycles. The Balaban J connectivity index is 1.86. The van der Waals surface area contributed by atoms with E-state index in [4.69, 9.17) is 22.1 Å². The van der Waals surface area contributed by atoms with E-state index in [2.05, 4.69) is 4.72 Å². The van der Waals surface area contributed by atoms with Crippen molar-refractivity contribution in [3.05, 3.63) is 28.8 Å². The van der Waals surface area contributed by atoms with Crippen LogP contribution in [0.25, 0.3) is 0 Å². The van der Waals surface area contributed by atoms with Crippen molar-refractivity contribution in [3.63, 3.8) is 0 Å². The van der Waals surface area contributed by atoms with E-state index in [1.54, 1.807) is 6.07 Å². The van der Waals surface area contributed by atoms with Crippen molar-refractivity contribution in [2.24, 2.45) is 11.7 Å². The average Bonchev–Trinajstić information content (AvgIpc) is 3.22. The van der Waals surface area contributed by atoms with Crippen LogP contribution in [0.2, 0.25) is 5.02 Å². The highest BCUT2D eigenvalue weighted by atomic mass is 35.5. The van der Waals surface area contributed by atoms with Crippen molar-refractivity contribution in [1.82, 2.24) is 4.72 Å². The van der Waals surface area contributed by atoms with Crippen LogP contribution >= 0.6 is 11.6 Å². The standard InChI is InChI=1S/C13H19ClN2O3S/c14-13-7-12(4-3-11(13)8-15)20(17,18)16-5-6-19-9-10-1-2-10/h3-4,7,10,16H,1-2,5-6,8-9,15H2. The van der Waals surface area contributed by atoms with Gasteiger partial charge in [-0.25, -0.2) is 13.1 Å². The minimum Gasteiger partial charge on any atom is -0.380 e. The van der Waals surface area contributed by atoms with Gasteiger partial charge in [-0.05, 0) is 36.5 Å². The summed E-state index contributed by atoms with van der Waals surface area (Å²) in [5.74, 6) is 0.675. The Hall–Kier alpha value is -0.660. The lowest BCUT2D eigenvalue weighted by atomic mass is 10.2. The Bertz CT molecular complexity index is 559. The molecule has 0 radical (unpaired) electrons. The highest BCUT2D eigenvalue weighted by molar-refractivity contribution is 7.89. The second-order valence-corrected chi connectivity index (χ2v) is 7.05. The number of hydrogen-bond acceptors (Lipinski definition) is 4. The second-order valence-electron chi connectivity index (χ2n) is 4.87. The predicted molar refractivity (Wildman–Crippen MR) is 78.1 cm³/mol. The Morgan fingerprint density at radius 2 is 2.15 bits per heavy atom. The lowest BCUT2D eigenvalue weighted by Gasteiger charge is -2.09. The average molecular weight is 319 g/mol. The summed E-state index contributed by atoms with van der Waals surface area (Å²) >= 11 is 5.96. The fraction of sp³-hybridized carbons (Fsp3) is 0.538. The van der Waals surface area contributed by atoms with Crippen molar-refractivity contribution >= 4 is 21.6 Å². The highest BCUT2D eigenvalue weighted by Crippen LogP contribution is 2.28. The smallest absolute Gasteiger partial charge is 0.240 e. The van der Waals surface area contributed by atoms with Gasteiger partial charge >= 0.3 is 0 Å². The minimum absolute atomic E-state index is 0.141. The number of rotatable bonds is 8. The van der Waals surface area contributed by atoms with Gasteiger partial charge in [0.15, 0.2) is 0 Å². The normalized spacial score (nSPS) is 15.5. The molecule has 1 saturated carbocycles. The lowest BCUT2D eigenvalue weighted by Crippen LogP contribution is -2.27. The first-order valence-electron chi connectivity index (χ1n) is 6.59. The van der Waals surface area contributed by atoms with Gasteiger partial charge in [-0.2, -0.15) is 0 Å². The van der Waals surface area contributed by atoms with E-state index in [0.717, 1.165) is 12.2 Å². The number of hydrogen-bond donors (Lipinski definition) is 2. The number of sulfonamides is 1. The zero-order valence-electron chi connectivity index (χ0n) is 11.1.